The molecule has 2 N–H and O–H groups in total. The average molecular weight is 488 g/mol. The number of methoxy groups -OCH3 is 2. The number of piperidine rings is 1. The van der Waals surface area contributed by atoms with Crippen LogP contribution in [0.1, 0.15) is 19.3 Å². The van der Waals surface area contributed by atoms with Gasteiger partial charge in [0.1, 0.15) is 17.1 Å². The second-order valence-electron chi connectivity index (χ2n) is 7.47. The van der Waals surface area contributed by atoms with E-state index in [2.05, 4.69) is 23.2 Å². The van der Waals surface area contributed by atoms with E-state index in [1.807, 2.05) is 16.7 Å². The number of benzene rings is 1. The van der Waals surface area contributed by atoms with E-state index in [1.54, 1.807) is 20.3 Å². The lowest BCUT2D eigenvalue weighted by atomic mass is 9.93. The van der Waals surface area contributed by atoms with Crippen LogP contribution in [0.15, 0.2) is 36.7 Å². The van der Waals surface area contributed by atoms with Crippen LogP contribution in [0.5, 0.6) is 11.5 Å². The van der Waals surface area contributed by atoms with E-state index >= 15 is 0 Å². The van der Waals surface area contributed by atoms with Crippen LogP contribution in [0.25, 0.3) is 16.9 Å². The molecule has 3 aromatic rings. The van der Waals surface area contributed by atoms with E-state index in [0.29, 0.717) is 16.5 Å². The van der Waals surface area contributed by atoms with Gasteiger partial charge in [-0.1, -0.05) is 11.6 Å². The maximum atomic E-state index is 6.34. The first kappa shape index (κ1) is 25.4. The van der Waals surface area contributed by atoms with E-state index in [-0.39, 0.29) is 24.8 Å². The number of aromatic nitrogens is 2. The molecule has 1 aromatic carbocycles. The number of pyridine rings is 1. The summed E-state index contributed by atoms with van der Waals surface area (Å²) in [4.78, 5) is 7.27. The van der Waals surface area contributed by atoms with E-state index in [4.69, 9.17) is 31.8 Å². The normalized spacial score (nSPS) is 14.1. The van der Waals surface area contributed by atoms with Crippen molar-refractivity contribution >= 4 is 47.7 Å². The number of fused-ring (bicyclic) bond motifs is 1. The standard InChI is InChI=1S/C22H27ClN4O2.2ClH/c1-28-20-13-21(29-2)18(23)12-17(20)19-14-27-10-6-16(11-22(27)25-19)26-8-4-15(3-7-24)5-9-26;;/h6,10-15H,3-5,7-9,24H2,1-2H3;2*1H. The van der Waals surface area contributed by atoms with Gasteiger partial charge in [0.2, 0.25) is 0 Å². The van der Waals surface area contributed by atoms with Gasteiger partial charge in [0.05, 0.1) is 24.9 Å². The fourth-order valence-electron chi connectivity index (χ4n) is 4.07. The van der Waals surface area contributed by atoms with E-state index in [0.717, 1.165) is 48.9 Å². The summed E-state index contributed by atoms with van der Waals surface area (Å²) in [6, 6.07) is 7.92. The van der Waals surface area contributed by atoms with E-state index in [9.17, 15) is 0 Å². The van der Waals surface area contributed by atoms with Crippen LogP contribution >= 0.6 is 36.4 Å². The first-order valence-electron chi connectivity index (χ1n) is 9.98. The lowest BCUT2D eigenvalue weighted by Crippen LogP contribution is -2.34. The number of imidazole rings is 1. The van der Waals surface area contributed by atoms with Crippen LogP contribution in [-0.4, -0.2) is 43.2 Å². The second-order valence-corrected chi connectivity index (χ2v) is 7.88. The molecular formula is C22H29Cl3N4O2. The highest BCUT2D eigenvalue weighted by molar-refractivity contribution is 6.32. The molecule has 0 radical (unpaired) electrons. The van der Waals surface area contributed by atoms with E-state index in [1.165, 1.54) is 18.5 Å². The Hall–Kier alpha value is -1.86. The van der Waals surface area contributed by atoms with Crippen molar-refractivity contribution in [1.82, 2.24) is 9.38 Å². The minimum absolute atomic E-state index is 0. The molecule has 9 heteroatoms. The molecule has 0 amide bonds. The molecule has 4 rings (SSSR count). The summed E-state index contributed by atoms with van der Waals surface area (Å²) >= 11 is 6.34. The monoisotopic (exact) mass is 486 g/mol. The highest BCUT2D eigenvalue weighted by Gasteiger charge is 2.20. The zero-order chi connectivity index (χ0) is 20.4. The summed E-state index contributed by atoms with van der Waals surface area (Å²) < 4.78 is 12.9. The topological polar surface area (TPSA) is 65.0 Å². The van der Waals surface area contributed by atoms with Gasteiger partial charge in [-0.25, -0.2) is 4.98 Å². The third-order valence-electron chi connectivity index (χ3n) is 5.75. The van der Waals surface area contributed by atoms with Crippen molar-refractivity contribution in [1.29, 1.82) is 0 Å². The molecule has 0 bridgehead atoms. The highest BCUT2D eigenvalue weighted by atomic mass is 35.5. The number of halogens is 3. The molecule has 170 valence electrons. The van der Waals surface area contributed by atoms with Gasteiger partial charge in [-0.15, -0.1) is 24.8 Å². The van der Waals surface area contributed by atoms with Crippen LogP contribution in [0.4, 0.5) is 5.69 Å². The summed E-state index contributed by atoms with van der Waals surface area (Å²) in [6.07, 6.45) is 7.58. The highest BCUT2D eigenvalue weighted by Crippen LogP contribution is 2.38. The number of hydrogen-bond acceptors (Lipinski definition) is 5. The molecular weight excluding hydrogens is 459 g/mol. The predicted molar refractivity (Wildman–Crippen MR) is 132 cm³/mol. The Morgan fingerprint density at radius 3 is 2.45 bits per heavy atom. The zero-order valence-electron chi connectivity index (χ0n) is 17.7. The molecule has 0 aliphatic carbocycles. The fraction of sp³-hybridized carbons (Fsp3) is 0.409. The quantitative estimate of drug-likeness (QED) is 0.525. The zero-order valence-corrected chi connectivity index (χ0v) is 20.1. The van der Waals surface area contributed by atoms with Crippen molar-refractivity contribution < 1.29 is 9.47 Å². The Morgan fingerprint density at radius 1 is 1.10 bits per heavy atom. The number of nitrogens with two attached hydrogens (primary N) is 1. The minimum atomic E-state index is 0. The van der Waals surface area contributed by atoms with Crippen molar-refractivity contribution in [3.8, 4) is 22.8 Å². The molecule has 2 aromatic heterocycles. The van der Waals surface area contributed by atoms with Crippen LogP contribution in [0, 0.1) is 5.92 Å². The minimum Gasteiger partial charge on any atom is -0.496 e. The van der Waals surface area contributed by atoms with Gasteiger partial charge in [0.25, 0.3) is 0 Å². The molecule has 1 fully saturated rings. The Balaban J connectivity index is 0.00000171. The first-order valence-corrected chi connectivity index (χ1v) is 10.4. The number of hydrogen-bond donors (Lipinski definition) is 1. The third-order valence-corrected chi connectivity index (χ3v) is 6.04. The van der Waals surface area contributed by atoms with Crippen LogP contribution in [0.2, 0.25) is 5.02 Å². The Bertz CT molecular complexity index is 1000. The largest absolute Gasteiger partial charge is 0.496 e. The number of nitrogens with zero attached hydrogens (tertiary/aromatic N) is 3. The Kier molecular flexibility index (Phi) is 9.13. The molecule has 1 aliphatic rings. The first-order chi connectivity index (χ1) is 14.1. The maximum Gasteiger partial charge on any atom is 0.141 e. The van der Waals surface area contributed by atoms with Crippen LogP contribution < -0.4 is 20.1 Å². The van der Waals surface area contributed by atoms with Crippen molar-refractivity contribution in [2.75, 3.05) is 38.8 Å². The summed E-state index contributed by atoms with van der Waals surface area (Å²) in [5.41, 5.74) is 9.47. The molecule has 6 nitrogen and oxygen atoms in total. The summed E-state index contributed by atoms with van der Waals surface area (Å²) in [6.45, 7) is 2.92. The molecule has 0 unspecified atom stereocenters. The van der Waals surface area contributed by atoms with E-state index < -0.39 is 0 Å². The smallest absolute Gasteiger partial charge is 0.141 e. The summed E-state index contributed by atoms with van der Waals surface area (Å²) in [5, 5.41) is 0.529. The van der Waals surface area contributed by atoms with Crippen LogP contribution in [-0.2, 0) is 0 Å². The molecule has 0 spiro atoms. The lowest BCUT2D eigenvalue weighted by Gasteiger charge is -2.33. The van der Waals surface area contributed by atoms with Crippen molar-refractivity contribution in [2.45, 2.75) is 19.3 Å². The van der Waals surface area contributed by atoms with Gasteiger partial charge in [0.15, 0.2) is 0 Å². The van der Waals surface area contributed by atoms with Crippen molar-refractivity contribution in [3.05, 3.63) is 41.7 Å². The van der Waals surface area contributed by atoms with Crippen molar-refractivity contribution in [3.63, 3.8) is 0 Å². The number of anilines is 1. The Morgan fingerprint density at radius 2 is 1.81 bits per heavy atom. The van der Waals surface area contributed by atoms with Gasteiger partial charge in [-0.3, -0.25) is 0 Å². The maximum absolute atomic E-state index is 6.34. The fourth-order valence-corrected chi connectivity index (χ4v) is 4.31. The SMILES string of the molecule is COc1cc(OC)c(-c2cn3ccc(N4CCC(CCN)CC4)cc3n2)cc1Cl.Cl.Cl. The summed E-state index contributed by atoms with van der Waals surface area (Å²) in [7, 11) is 3.22. The molecule has 0 saturated carbocycles. The predicted octanol–water partition coefficient (Wildman–Crippen LogP) is 5.08. The molecule has 1 saturated heterocycles. The van der Waals surface area contributed by atoms with Gasteiger partial charge >= 0.3 is 0 Å². The Labute approximate surface area is 200 Å². The molecule has 3 heterocycles. The number of ether oxygens (including phenoxy) is 2. The molecule has 31 heavy (non-hydrogen) atoms. The van der Waals surface area contributed by atoms with Crippen molar-refractivity contribution in [2.24, 2.45) is 11.7 Å². The summed E-state index contributed by atoms with van der Waals surface area (Å²) in [5.74, 6) is 2.01. The van der Waals surface area contributed by atoms with Gasteiger partial charge in [0, 0.05) is 48.9 Å². The number of rotatable bonds is 6. The van der Waals surface area contributed by atoms with Gasteiger partial charge in [-0.05, 0) is 43.9 Å². The third kappa shape index (κ3) is 5.32. The van der Waals surface area contributed by atoms with Crippen LogP contribution in [0.3, 0.4) is 0 Å². The molecule has 0 atom stereocenters. The van der Waals surface area contributed by atoms with Gasteiger partial charge < -0.3 is 24.5 Å². The lowest BCUT2D eigenvalue weighted by molar-refractivity contribution is 0.386. The average Bonchev–Trinajstić information content (AvgIpc) is 3.17. The second kappa shape index (κ2) is 11.1. The molecule has 1 aliphatic heterocycles. The van der Waals surface area contributed by atoms with Gasteiger partial charge in [-0.2, -0.15) is 0 Å².